The molecule has 2 aromatic heterocycles. The standard InChI is InChI=1S/C20H19N3O2/c1-14-11-15-5-2-3-7-19(15)23(14)20(24)18-9-8-16(12-22-18)21-13-17-6-4-10-25-17/h2-10,12,14,21H,11,13H2,1H3. The second-order valence-corrected chi connectivity index (χ2v) is 6.22. The van der Waals surface area contributed by atoms with Gasteiger partial charge in [0.25, 0.3) is 5.91 Å². The molecule has 5 heteroatoms. The number of carbonyl (C=O) groups is 1. The van der Waals surface area contributed by atoms with Crippen molar-refractivity contribution in [1.82, 2.24) is 4.98 Å². The molecule has 1 aliphatic heterocycles. The van der Waals surface area contributed by atoms with Crippen molar-refractivity contribution in [1.29, 1.82) is 0 Å². The molecule has 0 saturated heterocycles. The van der Waals surface area contributed by atoms with Crippen LogP contribution >= 0.6 is 0 Å². The number of rotatable bonds is 4. The van der Waals surface area contributed by atoms with Gasteiger partial charge in [0.05, 0.1) is 24.7 Å². The van der Waals surface area contributed by atoms with E-state index in [4.69, 9.17) is 4.42 Å². The fraction of sp³-hybridized carbons (Fsp3) is 0.200. The van der Waals surface area contributed by atoms with E-state index in [1.54, 1.807) is 18.5 Å². The third-order valence-corrected chi connectivity index (χ3v) is 4.46. The molecule has 0 saturated carbocycles. The molecule has 1 aromatic carbocycles. The molecule has 5 nitrogen and oxygen atoms in total. The van der Waals surface area contributed by atoms with Gasteiger partial charge in [-0.1, -0.05) is 18.2 Å². The van der Waals surface area contributed by atoms with Crippen molar-refractivity contribution in [3.8, 4) is 0 Å². The Morgan fingerprint density at radius 3 is 2.88 bits per heavy atom. The third kappa shape index (κ3) is 3.01. The van der Waals surface area contributed by atoms with Crippen molar-refractivity contribution in [2.24, 2.45) is 0 Å². The molecule has 0 fully saturated rings. The van der Waals surface area contributed by atoms with E-state index in [0.717, 1.165) is 23.6 Å². The molecule has 0 radical (unpaired) electrons. The van der Waals surface area contributed by atoms with Gasteiger partial charge in [-0.3, -0.25) is 4.79 Å². The summed E-state index contributed by atoms with van der Waals surface area (Å²) in [5.74, 6) is 0.790. The first-order valence-electron chi connectivity index (χ1n) is 8.36. The van der Waals surface area contributed by atoms with Crippen LogP contribution in [0.5, 0.6) is 0 Å². The Morgan fingerprint density at radius 1 is 1.24 bits per heavy atom. The zero-order valence-corrected chi connectivity index (χ0v) is 14.0. The number of pyridine rings is 1. The molecular weight excluding hydrogens is 314 g/mol. The summed E-state index contributed by atoms with van der Waals surface area (Å²) in [6.07, 6.45) is 4.21. The zero-order valence-electron chi connectivity index (χ0n) is 14.0. The van der Waals surface area contributed by atoms with E-state index in [0.29, 0.717) is 12.2 Å². The first-order chi connectivity index (χ1) is 12.2. The van der Waals surface area contributed by atoms with Crippen molar-refractivity contribution in [2.45, 2.75) is 25.9 Å². The summed E-state index contributed by atoms with van der Waals surface area (Å²) in [4.78, 5) is 19.1. The number of fused-ring (bicyclic) bond motifs is 1. The molecule has 1 N–H and O–H groups in total. The minimum atomic E-state index is -0.0602. The number of amides is 1. The van der Waals surface area contributed by atoms with Crippen molar-refractivity contribution < 1.29 is 9.21 Å². The van der Waals surface area contributed by atoms with Gasteiger partial charge in [0.15, 0.2) is 0 Å². The van der Waals surface area contributed by atoms with Crippen LogP contribution in [0.4, 0.5) is 11.4 Å². The molecule has 0 bridgehead atoms. The van der Waals surface area contributed by atoms with Crippen molar-refractivity contribution in [3.63, 3.8) is 0 Å². The lowest BCUT2D eigenvalue weighted by Gasteiger charge is -2.22. The van der Waals surface area contributed by atoms with Gasteiger partial charge in [0, 0.05) is 11.7 Å². The average Bonchev–Trinajstić information content (AvgIpc) is 3.26. The maximum atomic E-state index is 12.9. The molecule has 0 spiro atoms. The number of furan rings is 1. The molecule has 4 rings (SSSR count). The number of nitrogens with zero attached hydrogens (tertiary/aromatic N) is 2. The van der Waals surface area contributed by atoms with Gasteiger partial charge in [-0.15, -0.1) is 0 Å². The van der Waals surface area contributed by atoms with Crippen molar-refractivity contribution >= 4 is 17.3 Å². The van der Waals surface area contributed by atoms with E-state index in [1.807, 2.05) is 41.3 Å². The minimum absolute atomic E-state index is 0.0602. The smallest absolute Gasteiger partial charge is 0.277 e. The monoisotopic (exact) mass is 333 g/mol. The Morgan fingerprint density at radius 2 is 2.12 bits per heavy atom. The molecule has 0 aliphatic carbocycles. The lowest BCUT2D eigenvalue weighted by atomic mass is 10.1. The molecule has 1 unspecified atom stereocenters. The van der Waals surface area contributed by atoms with Crippen LogP contribution in [0.1, 0.15) is 28.7 Å². The van der Waals surface area contributed by atoms with Crippen LogP contribution in [0.2, 0.25) is 0 Å². The van der Waals surface area contributed by atoms with Crippen LogP contribution in [0.25, 0.3) is 0 Å². The molecule has 126 valence electrons. The van der Waals surface area contributed by atoms with Crippen LogP contribution in [-0.4, -0.2) is 16.9 Å². The maximum Gasteiger partial charge on any atom is 0.277 e. The number of carbonyl (C=O) groups excluding carboxylic acids is 1. The number of aromatic nitrogens is 1. The van der Waals surface area contributed by atoms with E-state index in [9.17, 15) is 4.79 Å². The number of anilines is 2. The first kappa shape index (κ1) is 15.4. The predicted molar refractivity (Wildman–Crippen MR) is 96.7 cm³/mol. The second-order valence-electron chi connectivity index (χ2n) is 6.22. The van der Waals surface area contributed by atoms with Gasteiger partial charge >= 0.3 is 0 Å². The van der Waals surface area contributed by atoms with E-state index >= 15 is 0 Å². The number of hydrogen-bond donors (Lipinski definition) is 1. The highest BCUT2D eigenvalue weighted by atomic mass is 16.3. The number of nitrogens with one attached hydrogen (secondary N) is 1. The highest BCUT2D eigenvalue weighted by molar-refractivity contribution is 6.06. The highest BCUT2D eigenvalue weighted by Gasteiger charge is 2.31. The lowest BCUT2D eigenvalue weighted by molar-refractivity contribution is 0.0976. The summed E-state index contributed by atoms with van der Waals surface area (Å²) in [5, 5.41) is 3.23. The summed E-state index contributed by atoms with van der Waals surface area (Å²) >= 11 is 0. The fourth-order valence-corrected chi connectivity index (χ4v) is 3.23. The largest absolute Gasteiger partial charge is 0.467 e. The Balaban J connectivity index is 1.49. The maximum absolute atomic E-state index is 12.9. The highest BCUT2D eigenvalue weighted by Crippen LogP contribution is 2.32. The molecule has 1 atom stereocenters. The van der Waals surface area contributed by atoms with Crippen molar-refractivity contribution in [2.75, 3.05) is 10.2 Å². The SMILES string of the molecule is CC1Cc2ccccc2N1C(=O)c1ccc(NCc2ccco2)cn1. The molecule has 1 aliphatic rings. The van der Waals surface area contributed by atoms with E-state index in [1.165, 1.54) is 5.56 Å². The predicted octanol–water partition coefficient (Wildman–Crippen LogP) is 3.88. The van der Waals surface area contributed by atoms with Gasteiger partial charge in [-0.05, 0) is 49.2 Å². The molecule has 25 heavy (non-hydrogen) atoms. The van der Waals surface area contributed by atoms with Gasteiger partial charge in [-0.25, -0.2) is 4.98 Å². The van der Waals surface area contributed by atoms with E-state index < -0.39 is 0 Å². The van der Waals surface area contributed by atoms with Crippen molar-refractivity contribution in [3.05, 3.63) is 78.0 Å². The summed E-state index contributed by atoms with van der Waals surface area (Å²) < 4.78 is 5.29. The fourth-order valence-electron chi connectivity index (χ4n) is 3.23. The zero-order chi connectivity index (χ0) is 17.2. The topological polar surface area (TPSA) is 58.4 Å². The van der Waals surface area contributed by atoms with Crippen LogP contribution in [0.15, 0.2) is 65.4 Å². The molecule has 3 heterocycles. The summed E-state index contributed by atoms with van der Waals surface area (Å²) in [6.45, 7) is 2.65. The van der Waals surface area contributed by atoms with Gasteiger partial charge in [-0.2, -0.15) is 0 Å². The second kappa shape index (κ2) is 6.43. The number of hydrogen-bond acceptors (Lipinski definition) is 4. The lowest BCUT2D eigenvalue weighted by Crippen LogP contribution is -2.36. The Bertz CT molecular complexity index is 872. The van der Waals surface area contributed by atoms with E-state index in [2.05, 4.69) is 23.3 Å². The summed E-state index contributed by atoms with van der Waals surface area (Å²) in [7, 11) is 0. The average molecular weight is 333 g/mol. The van der Waals surface area contributed by atoms with Crippen LogP contribution < -0.4 is 10.2 Å². The van der Waals surface area contributed by atoms with Crippen LogP contribution in [0.3, 0.4) is 0 Å². The van der Waals surface area contributed by atoms with Gasteiger partial charge in [0.1, 0.15) is 11.5 Å². The van der Waals surface area contributed by atoms with E-state index in [-0.39, 0.29) is 11.9 Å². The third-order valence-electron chi connectivity index (χ3n) is 4.46. The Hall–Kier alpha value is -3.08. The Labute approximate surface area is 146 Å². The summed E-state index contributed by atoms with van der Waals surface area (Å²) in [5.41, 5.74) is 3.50. The number of benzene rings is 1. The Kier molecular flexibility index (Phi) is 3.98. The van der Waals surface area contributed by atoms with Gasteiger partial charge in [0.2, 0.25) is 0 Å². The van der Waals surface area contributed by atoms with Crippen LogP contribution in [-0.2, 0) is 13.0 Å². The first-order valence-corrected chi connectivity index (χ1v) is 8.36. The molecule has 3 aromatic rings. The van der Waals surface area contributed by atoms with Gasteiger partial charge < -0.3 is 14.6 Å². The van der Waals surface area contributed by atoms with Crippen LogP contribution in [0, 0.1) is 0 Å². The minimum Gasteiger partial charge on any atom is -0.467 e. The normalized spacial score (nSPS) is 15.9. The quantitative estimate of drug-likeness (QED) is 0.787. The molecular formula is C20H19N3O2. The summed E-state index contributed by atoms with van der Waals surface area (Å²) in [6, 6.07) is 15.6. The molecule has 1 amide bonds. The number of para-hydroxylation sites is 1.